The fraction of sp³-hybridized carbons (Fsp3) is 0.250. The predicted octanol–water partition coefficient (Wildman–Crippen LogP) is 7.26. The Morgan fingerprint density at radius 1 is 1.03 bits per heavy atom. The third-order valence-corrected chi connectivity index (χ3v) is 6.41. The summed E-state index contributed by atoms with van der Waals surface area (Å²) in [6.07, 6.45) is 2.08. The van der Waals surface area contributed by atoms with Crippen molar-refractivity contribution in [3.8, 4) is 11.1 Å². The topological polar surface area (TPSA) is 67.4 Å². The minimum absolute atomic E-state index is 0.255. The molecule has 0 spiro atoms. The molecule has 2 N–H and O–H groups in total. The number of benzene rings is 2. The van der Waals surface area contributed by atoms with E-state index in [1.54, 1.807) is 13.0 Å². The first-order chi connectivity index (χ1) is 14.9. The van der Waals surface area contributed by atoms with Gasteiger partial charge in [0.25, 0.3) is 0 Å². The summed E-state index contributed by atoms with van der Waals surface area (Å²) in [4.78, 5) is 26.4. The van der Waals surface area contributed by atoms with Crippen molar-refractivity contribution in [1.82, 2.24) is 0 Å². The second-order valence-electron chi connectivity index (χ2n) is 6.96. The molecule has 0 unspecified atom stereocenters. The maximum Gasteiger partial charge on any atom is 0.341 e. The Labute approximate surface area is 195 Å². The third-order valence-electron chi connectivity index (χ3n) is 4.69. The summed E-state index contributed by atoms with van der Waals surface area (Å²) in [5.74, 6) is -0.448. The van der Waals surface area contributed by atoms with Gasteiger partial charge in [-0.3, -0.25) is 5.32 Å². The summed E-state index contributed by atoms with van der Waals surface area (Å²) in [7, 11) is 0. The molecule has 0 aliphatic heterocycles. The minimum Gasteiger partial charge on any atom is -0.462 e. The number of esters is 1. The Bertz CT molecular complexity index is 1080. The SMILES string of the molecule is CCCc1ccc(-c2c(C)sc(NC(=O)Nc3ccccc3Br)c2C(=O)OCC)cc1. The van der Waals surface area contributed by atoms with Crippen LogP contribution in [0.3, 0.4) is 0 Å². The van der Waals surface area contributed by atoms with E-state index in [0.717, 1.165) is 33.3 Å². The lowest BCUT2D eigenvalue weighted by molar-refractivity contribution is 0.0529. The van der Waals surface area contributed by atoms with Crippen molar-refractivity contribution in [3.05, 3.63) is 69.0 Å². The first-order valence-corrected chi connectivity index (χ1v) is 11.8. The fourth-order valence-corrected chi connectivity index (χ4v) is 4.77. The van der Waals surface area contributed by atoms with Crippen molar-refractivity contribution >= 4 is 50.0 Å². The number of nitrogens with one attached hydrogen (secondary N) is 2. The van der Waals surface area contributed by atoms with Crippen molar-refractivity contribution in [3.63, 3.8) is 0 Å². The Morgan fingerprint density at radius 2 is 1.74 bits per heavy atom. The molecule has 3 aromatic rings. The third kappa shape index (κ3) is 5.54. The molecule has 0 fully saturated rings. The average molecular weight is 501 g/mol. The number of urea groups is 1. The molecule has 7 heteroatoms. The minimum atomic E-state index is -0.448. The zero-order valence-corrected chi connectivity index (χ0v) is 20.2. The molecule has 1 aromatic heterocycles. The number of hydrogen-bond donors (Lipinski definition) is 2. The van der Waals surface area contributed by atoms with Gasteiger partial charge in [0.1, 0.15) is 10.6 Å². The fourth-order valence-electron chi connectivity index (χ4n) is 3.32. The van der Waals surface area contributed by atoms with Crippen LogP contribution in [0.5, 0.6) is 0 Å². The lowest BCUT2D eigenvalue weighted by atomic mass is 9.99. The van der Waals surface area contributed by atoms with Gasteiger partial charge in [0.2, 0.25) is 0 Å². The number of thiophene rings is 1. The quantitative estimate of drug-likeness (QED) is 0.335. The zero-order valence-electron chi connectivity index (χ0n) is 17.8. The average Bonchev–Trinajstić information content (AvgIpc) is 3.06. The van der Waals surface area contributed by atoms with E-state index in [1.807, 2.05) is 37.3 Å². The van der Waals surface area contributed by atoms with Gasteiger partial charge in [-0.2, -0.15) is 0 Å². The molecule has 0 atom stereocenters. The van der Waals surface area contributed by atoms with Gasteiger partial charge in [-0.05, 0) is 59.5 Å². The van der Waals surface area contributed by atoms with E-state index in [1.165, 1.54) is 16.9 Å². The first-order valence-electron chi connectivity index (χ1n) is 10.2. The van der Waals surface area contributed by atoms with E-state index >= 15 is 0 Å². The van der Waals surface area contributed by atoms with Gasteiger partial charge in [-0.15, -0.1) is 11.3 Å². The van der Waals surface area contributed by atoms with E-state index in [9.17, 15) is 9.59 Å². The molecule has 0 aliphatic rings. The van der Waals surface area contributed by atoms with Crippen LogP contribution in [0.2, 0.25) is 0 Å². The van der Waals surface area contributed by atoms with Gasteiger partial charge in [-0.1, -0.05) is 49.7 Å². The number of anilines is 2. The van der Waals surface area contributed by atoms with Crippen LogP contribution in [-0.2, 0) is 11.2 Å². The second-order valence-corrected chi connectivity index (χ2v) is 9.04. The lowest BCUT2D eigenvalue weighted by Crippen LogP contribution is -2.20. The molecule has 2 aromatic carbocycles. The Hall–Kier alpha value is -2.64. The molecule has 3 rings (SSSR count). The van der Waals surface area contributed by atoms with Crippen LogP contribution in [0.15, 0.2) is 53.0 Å². The Balaban J connectivity index is 1.95. The largest absolute Gasteiger partial charge is 0.462 e. The van der Waals surface area contributed by atoms with E-state index in [0.29, 0.717) is 16.3 Å². The molecule has 2 amide bonds. The van der Waals surface area contributed by atoms with Crippen LogP contribution < -0.4 is 10.6 Å². The maximum absolute atomic E-state index is 12.8. The molecule has 1 heterocycles. The van der Waals surface area contributed by atoms with Gasteiger partial charge in [0.05, 0.1) is 12.3 Å². The normalized spacial score (nSPS) is 10.6. The number of hydrogen-bond acceptors (Lipinski definition) is 4. The monoisotopic (exact) mass is 500 g/mol. The van der Waals surface area contributed by atoms with Crippen molar-refractivity contribution in [2.45, 2.75) is 33.6 Å². The molecule has 5 nitrogen and oxygen atoms in total. The molecule has 0 bridgehead atoms. The van der Waals surface area contributed by atoms with E-state index < -0.39 is 12.0 Å². The van der Waals surface area contributed by atoms with Crippen LogP contribution in [0, 0.1) is 6.92 Å². The smallest absolute Gasteiger partial charge is 0.341 e. The summed E-state index contributed by atoms with van der Waals surface area (Å²) in [6.45, 7) is 6.11. The molecule has 0 saturated carbocycles. The number of carbonyl (C=O) groups is 2. The Morgan fingerprint density at radius 3 is 2.39 bits per heavy atom. The van der Waals surface area contributed by atoms with Gasteiger partial charge in [-0.25, -0.2) is 9.59 Å². The molecule has 0 aliphatic carbocycles. The summed E-state index contributed by atoms with van der Waals surface area (Å²) in [5.41, 5.74) is 3.99. The molecular formula is C24H25BrN2O3S. The maximum atomic E-state index is 12.8. The van der Waals surface area contributed by atoms with Crippen LogP contribution >= 0.6 is 27.3 Å². The Kier molecular flexibility index (Phi) is 7.87. The summed E-state index contributed by atoms with van der Waals surface area (Å²) in [6, 6.07) is 15.1. The number of para-hydroxylation sites is 1. The molecule has 31 heavy (non-hydrogen) atoms. The standard InChI is InChI=1S/C24H25BrN2O3S/c1-4-8-16-11-13-17(14-12-16)20-15(3)31-22(21(20)23(28)30-5-2)27-24(29)26-19-10-7-6-9-18(19)25/h6-7,9-14H,4-5,8H2,1-3H3,(H2,26,27,29). The predicted molar refractivity (Wildman–Crippen MR) is 131 cm³/mol. The van der Waals surface area contributed by atoms with E-state index in [2.05, 4.69) is 45.6 Å². The van der Waals surface area contributed by atoms with E-state index in [-0.39, 0.29) is 6.61 Å². The number of rotatable bonds is 7. The van der Waals surface area contributed by atoms with Crippen LogP contribution in [0.1, 0.15) is 41.1 Å². The number of carbonyl (C=O) groups excluding carboxylic acids is 2. The second kappa shape index (κ2) is 10.6. The van der Waals surface area contributed by atoms with Crippen molar-refractivity contribution in [2.24, 2.45) is 0 Å². The molecule has 0 radical (unpaired) electrons. The summed E-state index contributed by atoms with van der Waals surface area (Å²) < 4.78 is 6.08. The highest BCUT2D eigenvalue weighted by Crippen LogP contribution is 2.40. The van der Waals surface area contributed by atoms with Crippen molar-refractivity contribution < 1.29 is 14.3 Å². The molecule has 0 saturated heterocycles. The van der Waals surface area contributed by atoms with Gasteiger partial charge < -0.3 is 10.1 Å². The van der Waals surface area contributed by atoms with Crippen molar-refractivity contribution in [1.29, 1.82) is 0 Å². The van der Waals surface area contributed by atoms with E-state index in [4.69, 9.17) is 4.74 Å². The highest BCUT2D eigenvalue weighted by atomic mass is 79.9. The summed E-state index contributed by atoms with van der Waals surface area (Å²) in [5, 5.41) is 6.11. The summed E-state index contributed by atoms with van der Waals surface area (Å²) >= 11 is 4.78. The highest BCUT2D eigenvalue weighted by Gasteiger charge is 2.25. The number of aryl methyl sites for hydroxylation is 2. The zero-order chi connectivity index (χ0) is 22.4. The van der Waals surface area contributed by atoms with Crippen molar-refractivity contribution in [2.75, 3.05) is 17.2 Å². The van der Waals surface area contributed by atoms with Crippen LogP contribution in [-0.4, -0.2) is 18.6 Å². The number of ether oxygens (including phenoxy) is 1. The highest BCUT2D eigenvalue weighted by molar-refractivity contribution is 9.10. The van der Waals surface area contributed by atoms with Gasteiger partial charge in [0, 0.05) is 14.9 Å². The molecular weight excluding hydrogens is 476 g/mol. The van der Waals surface area contributed by atoms with Crippen LogP contribution in [0.4, 0.5) is 15.5 Å². The van der Waals surface area contributed by atoms with Crippen LogP contribution in [0.25, 0.3) is 11.1 Å². The lowest BCUT2D eigenvalue weighted by Gasteiger charge is -2.11. The number of halogens is 1. The van der Waals surface area contributed by atoms with Gasteiger partial charge >= 0.3 is 12.0 Å². The number of amides is 2. The van der Waals surface area contributed by atoms with Gasteiger partial charge in [0.15, 0.2) is 0 Å². The molecule has 162 valence electrons. The first kappa shape index (κ1) is 23.0.